The average Bonchev–Trinajstić information content (AvgIpc) is 2.53. The van der Waals surface area contributed by atoms with Gasteiger partial charge in [-0.1, -0.05) is 13.8 Å². The Bertz CT molecular complexity index is 503. The van der Waals surface area contributed by atoms with Gasteiger partial charge in [-0.15, -0.1) is 0 Å². The van der Waals surface area contributed by atoms with Gasteiger partial charge in [0.05, 0.1) is 6.10 Å². The largest absolute Gasteiger partial charge is 0.491 e. The summed E-state index contributed by atoms with van der Waals surface area (Å²) in [4.78, 5) is 12.4. The second-order valence-corrected chi connectivity index (χ2v) is 7.17. The van der Waals surface area contributed by atoms with Crippen LogP contribution in [-0.2, 0) is 0 Å². The van der Waals surface area contributed by atoms with E-state index in [2.05, 4.69) is 24.5 Å². The van der Waals surface area contributed by atoms with Gasteiger partial charge in [-0.05, 0) is 63.4 Å². The highest BCUT2D eigenvalue weighted by molar-refractivity contribution is 5.94. The Hall–Kier alpha value is -1.55. The number of nitrogens with one attached hydrogen (secondary N) is 2. The standard InChI is InChI=1S/C19H30N2O2/c1-14(2)19(10-5-11-20-12-19)13-21-18(22)16-6-8-17(9-7-16)23-15(3)4/h6-9,14-15,20H,5,10-13H2,1-4H3,(H,21,22). The highest BCUT2D eigenvalue weighted by Crippen LogP contribution is 2.33. The normalized spacial score (nSPS) is 21.5. The Balaban J connectivity index is 1.95. The van der Waals surface area contributed by atoms with Gasteiger partial charge in [0.2, 0.25) is 0 Å². The van der Waals surface area contributed by atoms with Crippen LogP contribution < -0.4 is 15.4 Å². The molecule has 0 spiro atoms. The molecule has 1 amide bonds. The molecule has 4 nitrogen and oxygen atoms in total. The van der Waals surface area contributed by atoms with Crippen LogP contribution in [0.5, 0.6) is 5.75 Å². The molecule has 1 aliphatic heterocycles. The minimum absolute atomic E-state index is 0.00769. The quantitative estimate of drug-likeness (QED) is 0.846. The van der Waals surface area contributed by atoms with Crippen LogP contribution in [-0.4, -0.2) is 31.6 Å². The third kappa shape index (κ3) is 4.71. The lowest BCUT2D eigenvalue weighted by Gasteiger charge is -2.41. The fraction of sp³-hybridized carbons (Fsp3) is 0.632. The van der Waals surface area contributed by atoms with Crippen molar-refractivity contribution in [2.45, 2.75) is 46.6 Å². The first kappa shape index (κ1) is 17.8. The molecule has 0 saturated carbocycles. The van der Waals surface area contributed by atoms with Crippen molar-refractivity contribution in [2.75, 3.05) is 19.6 Å². The Morgan fingerprint density at radius 1 is 1.26 bits per heavy atom. The molecule has 1 heterocycles. The van der Waals surface area contributed by atoms with Crippen LogP contribution in [0.2, 0.25) is 0 Å². The van der Waals surface area contributed by atoms with Gasteiger partial charge in [-0.2, -0.15) is 0 Å². The van der Waals surface area contributed by atoms with E-state index < -0.39 is 0 Å². The van der Waals surface area contributed by atoms with Crippen LogP contribution in [0.4, 0.5) is 0 Å². The topological polar surface area (TPSA) is 50.4 Å². The molecule has 128 valence electrons. The van der Waals surface area contributed by atoms with Gasteiger partial charge in [-0.25, -0.2) is 0 Å². The Kier molecular flexibility index (Phi) is 6.05. The van der Waals surface area contributed by atoms with Crippen molar-refractivity contribution in [2.24, 2.45) is 11.3 Å². The van der Waals surface area contributed by atoms with Gasteiger partial charge in [0.15, 0.2) is 0 Å². The number of amides is 1. The summed E-state index contributed by atoms with van der Waals surface area (Å²) in [5.41, 5.74) is 0.845. The maximum atomic E-state index is 12.4. The number of carbonyl (C=O) groups is 1. The van der Waals surface area contributed by atoms with Crippen molar-refractivity contribution in [3.05, 3.63) is 29.8 Å². The first-order chi connectivity index (χ1) is 10.9. The Morgan fingerprint density at radius 3 is 2.48 bits per heavy atom. The first-order valence-corrected chi connectivity index (χ1v) is 8.68. The van der Waals surface area contributed by atoms with Gasteiger partial charge in [-0.3, -0.25) is 4.79 Å². The fourth-order valence-electron chi connectivity index (χ4n) is 3.15. The monoisotopic (exact) mass is 318 g/mol. The number of hydrogen-bond acceptors (Lipinski definition) is 3. The minimum atomic E-state index is -0.00769. The Labute approximate surface area is 140 Å². The van der Waals surface area contributed by atoms with E-state index in [9.17, 15) is 4.79 Å². The summed E-state index contributed by atoms with van der Waals surface area (Å²) in [6, 6.07) is 7.37. The van der Waals surface area contributed by atoms with E-state index in [0.29, 0.717) is 11.5 Å². The molecule has 0 aromatic heterocycles. The molecule has 4 heteroatoms. The molecule has 2 N–H and O–H groups in total. The van der Waals surface area contributed by atoms with Crippen molar-refractivity contribution < 1.29 is 9.53 Å². The molecule has 1 saturated heterocycles. The smallest absolute Gasteiger partial charge is 0.251 e. The molecule has 0 aliphatic carbocycles. The van der Waals surface area contributed by atoms with E-state index in [1.165, 1.54) is 12.8 Å². The molecule has 1 aromatic carbocycles. The van der Waals surface area contributed by atoms with Crippen LogP contribution in [0, 0.1) is 11.3 Å². The average molecular weight is 318 g/mol. The lowest BCUT2D eigenvalue weighted by atomic mass is 9.72. The predicted molar refractivity (Wildman–Crippen MR) is 93.9 cm³/mol. The molecular weight excluding hydrogens is 288 g/mol. The predicted octanol–water partition coefficient (Wildman–Crippen LogP) is 3.23. The summed E-state index contributed by atoms with van der Waals surface area (Å²) in [6.45, 7) is 11.3. The van der Waals surface area contributed by atoms with Crippen LogP contribution >= 0.6 is 0 Å². The van der Waals surface area contributed by atoms with Gasteiger partial charge in [0, 0.05) is 24.1 Å². The zero-order chi connectivity index (χ0) is 16.9. The molecule has 1 fully saturated rings. The van der Waals surface area contributed by atoms with E-state index >= 15 is 0 Å². The molecule has 2 rings (SSSR count). The van der Waals surface area contributed by atoms with Crippen LogP contribution in [0.3, 0.4) is 0 Å². The third-order valence-corrected chi connectivity index (χ3v) is 4.82. The van der Waals surface area contributed by atoms with Crippen LogP contribution in [0.1, 0.15) is 50.9 Å². The summed E-state index contributed by atoms with van der Waals surface area (Å²) in [7, 11) is 0. The second kappa shape index (κ2) is 7.82. The van der Waals surface area contributed by atoms with Crippen LogP contribution in [0.15, 0.2) is 24.3 Å². The Morgan fingerprint density at radius 2 is 1.96 bits per heavy atom. The molecule has 1 aromatic rings. The number of rotatable bonds is 6. The highest BCUT2D eigenvalue weighted by Gasteiger charge is 2.35. The minimum Gasteiger partial charge on any atom is -0.491 e. The zero-order valence-electron chi connectivity index (χ0n) is 14.8. The number of carbonyl (C=O) groups excluding carboxylic acids is 1. The van der Waals surface area contributed by atoms with Gasteiger partial charge < -0.3 is 15.4 Å². The summed E-state index contributed by atoms with van der Waals surface area (Å²) in [5, 5.41) is 6.61. The molecule has 0 bridgehead atoms. The molecule has 1 aliphatic rings. The molecule has 23 heavy (non-hydrogen) atoms. The summed E-state index contributed by atoms with van der Waals surface area (Å²) in [6.07, 6.45) is 2.48. The molecule has 0 radical (unpaired) electrons. The maximum absolute atomic E-state index is 12.4. The van der Waals surface area contributed by atoms with Crippen molar-refractivity contribution in [1.82, 2.24) is 10.6 Å². The number of benzene rings is 1. The fourth-order valence-corrected chi connectivity index (χ4v) is 3.15. The van der Waals surface area contributed by atoms with E-state index in [0.717, 1.165) is 25.4 Å². The van der Waals surface area contributed by atoms with Crippen molar-refractivity contribution in [3.63, 3.8) is 0 Å². The SMILES string of the molecule is CC(C)Oc1ccc(C(=O)NCC2(C(C)C)CCCNC2)cc1. The maximum Gasteiger partial charge on any atom is 0.251 e. The van der Waals surface area contributed by atoms with Crippen molar-refractivity contribution in [3.8, 4) is 5.75 Å². The molecule has 1 unspecified atom stereocenters. The summed E-state index contributed by atoms with van der Waals surface area (Å²) in [5.74, 6) is 1.33. The van der Waals surface area contributed by atoms with Crippen LogP contribution in [0.25, 0.3) is 0 Å². The van der Waals surface area contributed by atoms with Gasteiger partial charge >= 0.3 is 0 Å². The highest BCUT2D eigenvalue weighted by atomic mass is 16.5. The van der Waals surface area contributed by atoms with Crippen molar-refractivity contribution >= 4 is 5.91 Å². The number of piperidine rings is 1. The van der Waals surface area contributed by atoms with E-state index in [4.69, 9.17) is 4.74 Å². The third-order valence-electron chi connectivity index (χ3n) is 4.82. The van der Waals surface area contributed by atoms with E-state index in [-0.39, 0.29) is 17.4 Å². The van der Waals surface area contributed by atoms with Gasteiger partial charge in [0.25, 0.3) is 5.91 Å². The summed E-state index contributed by atoms with van der Waals surface area (Å²) < 4.78 is 5.61. The number of hydrogen-bond donors (Lipinski definition) is 2. The van der Waals surface area contributed by atoms with E-state index in [1.807, 2.05) is 38.1 Å². The second-order valence-electron chi connectivity index (χ2n) is 7.17. The molecule has 1 atom stereocenters. The first-order valence-electron chi connectivity index (χ1n) is 8.68. The lowest BCUT2D eigenvalue weighted by molar-refractivity contribution is 0.0868. The van der Waals surface area contributed by atoms with E-state index in [1.54, 1.807) is 0 Å². The number of ether oxygens (including phenoxy) is 1. The zero-order valence-corrected chi connectivity index (χ0v) is 14.8. The van der Waals surface area contributed by atoms with Crippen molar-refractivity contribution in [1.29, 1.82) is 0 Å². The molecular formula is C19H30N2O2. The van der Waals surface area contributed by atoms with Gasteiger partial charge in [0.1, 0.15) is 5.75 Å². The summed E-state index contributed by atoms with van der Waals surface area (Å²) >= 11 is 0. The lowest BCUT2D eigenvalue weighted by Crippen LogP contribution is -2.50.